The third kappa shape index (κ3) is 3.55. The quantitative estimate of drug-likeness (QED) is 0.725. The number of nitrogens with one attached hydrogen (secondary N) is 1. The first-order valence-electron chi connectivity index (χ1n) is 4.44. The van der Waals surface area contributed by atoms with Crippen LogP contribution in [0.15, 0.2) is 3.77 Å². The number of sulfonamides is 1. The van der Waals surface area contributed by atoms with Crippen LogP contribution in [0.3, 0.4) is 0 Å². The van der Waals surface area contributed by atoms with Crippen LogP contribution < -0.4 is 5.32 Å². The first kappa shape index (κ1) is 11.9. The minimum absolute atomic E-state index is 0.454. The number of hydrogen-bond acceptors (Lipinski definition) is 4. The summed E-state index contributed by atoms with van der Waals surface area (Å²) in [4.78, 5) is 0. The van der Waals surface area contributed by atoms with Crippen molar-refractivity contribution in [3.63, 3.8) is 0 Å². The van der Waals surface area contributed by atoms with Crippen molar-refractivity contribution in [1.29, 1.82) is 0 Å². The summed E-state index contributed by atoms with van der Waals surface area (Å²) in [5, 5.41) is 2.62. The molecule has 1 N–H and O–H groups in total. The Balaban J connectivity index is 2.91. The van der Waals surface area contributed by atoms with Crippen LogP contribution in [0, 0.1) is 0 Å². The van der Waals surface area contributed by atoms with Gasteiger partial charge in [0.25, 0.3) is 10.0 Å². The fraction of sp³-hybridized carbons (Fsp3) is 1.00. The maximum Gasteiger partial charge on any atom is 0.263 e. The molecule has 7 heteroatoms. The predicted octanol–water partition coefficient (Wildman–Crippen LogP) is -0.204. The number of nitrogens with zero attached hydrogens (tertiary/aromatic N) is 1. The van der Waals surface area contributed by atoms with E-state index in [0.717, 1.165) is 0 Å². The van der Waals surface area contributed by atoms with Crippen molar-refractivity contribution < 1.29 is 12.6 Å². The lowest BCUT2D eigenvalue weighted by Crippen LogP contribution is -2.35. The van der Waals surface area contributed by atoms with E-state index < -0.39 is 25.0 Å². The topological polar surface area (TPSA) is 75.6 Å². The van der Waals surface area contributed by atoms with E-state index in [1.807, 2.05) is 0 Å². The summed E-state index contributed by atoms with van der Waals surface area (Å²) in [5.74, 6) is 0. The second-order valence-electron chi connectivity index (χ2n) is 3.72. The van der Waals surface area contributed by atoms with Gasteiger partial charge in [0.2, 0.25) is 0 Å². The van der Waals surface area contributed by atoms with Gasteiger partial charge < -0.3 is 5.32 Å². The van der Waals surface area contributed by atoms with Gasteiger partial charge in [-0.15, -0.1) is 3.77 Å². The Hall–Kier alpha value is -0.140. The molecule has 0 saturated carbocycles. The van der Waals surface area contributed by atoms with E-state index >= 15 is 0 Å². The van der Waals surface area contributed by atoms with Gasteiger partial charge in [-0.1, -0.05) is 0 Å². The van der Waals surface area contributed by atoms with Gasteiger partial charge in [-0.3, -0.25) is 0 Å². The monoisotopic (exact) mass is 240 g/mol. The molecule has 0 radical (unpaired) electrons. The molecule has 0 aromatic rings. The van der Waals surface area contributed by atoms with E-state index in [4.69, 9.17) is 0 Å². The molecule has 0 aliphatic carbocycles. The molecular weight excluding hydrogens is 224 g/mol. The van der Waals surface area contributed by atoms with Crippen molar-refractivity contribution in [3.05, 3.63) is 0 Å². The van der Waals surface area contributed by atoms with E-state index in [0.29, 0.717) is 25.9 Å². The predicted molar refractivity (Wildman–Crippen MR) is 57.2 cm³/mol. The van der Waals surface area contributed by atoms with Crippen LogP contribution in [0.25, 0.3) is 0 Å². The van der Waals surface area contributed by atoms with E-state index in [2.05, 4.69) is 9.08 Å². The molecule has 84 valence electrons. The first-order chi connectivity index (χ1) is 6.31. The molecule has 1 fully saturated rings. The van der Waals surface area contributed by atoms with Gasteiger partial charge in [0.15, 0.2) is 0 Å². The summed E-state index contributed by atoms with van der Waals surface area (Å²) in [6.45, 7) is 1.38. The fourth-order valence-corrected chi connectivity index (χ4v) is 4.72. The Kier molecular flexibility index (Phi) is 3.54. The van der Waals surface area contributed by atoms with Crippen molar-refractivity contribution in [1.82, 2.24) is 5.32 Å². The smallest absolute Gasteiger partial charge is 0.263 e. The van der Waals surface area contributed by atoms with Gasteiger partial charge >= 0.3 is 0 Å². The lowest BCUT2D eigenvalue weighted by Gasteiger charge is -2.20. The van der Waals surface area contributed by atoms with E-state index in [1.54, 1.807) is 0 Å². The molecule has 0 amide bonds. The molecule has 0 aromatic heterocycles. The van der Waals surface area contributed by atoms with Crippen LogP contribution in [0.2, 0.25) is 0 Å². The Morgan fingerprint density at radius 1 is 1.14 bits per heavy atom. The highest BCUT2D eigenvalue weighted by molar-refractivity contribution is 8.02. The molecule has 14 heavy (non-hydrogen) atoms. The minimum Gasteiger partial charge on any atom is -0.317 e. The van der Waals surface area contributed by atoms with Gasteiger partial charge in [0, 0.05) is 12.5 Å². The molecule has 1 aliphatic rings. The fourth-order valence-electron chi connectivity index (χ4n) is 1.40. The van der Waals surface area contributed by atoms with Crippen molar-refractivity contribution in [2.75, 3.05) is 25.6 Å². The van der Waals surface area contributed by atoms with Crippen LogP contribution in [0.1, 0.15) is 12.8 Å². The van der Waals surface area contributed by atoms with Gasteiger partial charge in [-0.2, -0.15) is 0 Å². The summed E-state index contributed by atoms with van der Waals surface area (Å²) >= 11 is 0. The van der Waals surface area contributed by atoms with Crippen LogP contribution in [0.4, 0.5) is 0 Å². The molecular formula is C7H16N2O3S2. The molecule has 1 saturated heterocycles. The van der Waals surface area contributed by atoms with E-state index in [-0.39, 0.29) is 0 Å². The highest BCUT2D eigenvalue weighted by Crippen LogP contribution is 2.15. The van der Waals surface area contributed by atoms with Crippen molar-refractivity contribution in [2.45, 2.75) is 18.1 Å². The SMILES string of the molecule is CS(C)(=O)=NS(=O)(=O)C1CCNCC1. The van der Waals surface area contributed by atoms with Gasteiger partial charge in [0.05, 0.1) is 15.0 Å². The average Bonchev–Trinajstić information content (AvgIpc) is 2.01. The molecule has 1 aliphatic heterocycles. The first-order valence-corrected chi connectivity index (χ1v) is 8.28. The highest BCUT2D eigenvalue weighted by Gasteiger charge is 2.27. The third-order valence-corrected chi connectivity index (χ3v) is 5.57. The lowest BCUT2D eigenvalue weighted by atomic mass is 10.2. The Labute approximate surface area is 85.5 Å². The van der Waals surface area contributed by atoms with Gasteiger partial charge in [-0.25, -0.2) is 12.6 Å². The zero-order valence-corrected chi connectivity index (χ0v) is 10.0. The van der Waals surface area contributed by atoms with Crippen LogP contribution >= 0.6 is 0 Å². The Bertz CT molecular complexity index is 393. The van der Waals surface area contributed by atoms with Crippen LogP contribution in [-0.4, -0.2) is 43.5 Å². The highest BCUT2D eigenvalue weighted by atomic mass is 32.3. The molecule has 5 nitrogen and oxygen atoms in total. The summed E-state index contributed by atoms with van der Waals surface area (Å²) in [6.07, 6.45) is 3.79. The van der Waals surface area contributed by atoms with Crippen LogP contribution in [-0.2, 0) is 19.8 Å². The van der Waals surface area contributed by atoms with Crippen molar-refractivity contribution in [2.24, 2.45) is 3.77 Å². The lowest BCUT2D eigenvalue weighted by molar-refractivity contribution is 0.497. The summed E-state index contributed by atoms with van der Waals surface area (Å²) in [6, 6.07) is 0. The van der Waals surface area contributed by atoms with Gasteiger partial charge in [-0.05, 0) is 25.9 Å². The van der Waals surface area contributed by atoms with Gasteiger partial charge in [0.1, 0.15) is 0 Å². The number of rotatable bonds is 2. The summed E-state index contributed by atoms with van der Waals surface area (Å²) in [7, 11) is -6.10. The summed E-state index contributed by atoms with van der Waals surface area (Å²) < 4.78 is 38.0. The van der Waals surface area contributed by atoms with Crippen molar-refractivity contribution >= 4 is 19.8 Å². The second-order valence-corrected chi connectivity index (χ2v) is 8.38. The largest absolute Gasteiger partial charge is 0.317 e. The Morgan fingerprint density at radius 3 is 2.07 bits per heavy atom. The van der Waals surface area contributed by atoms with E-state index in [1.165, 1.54) is 12.5 Å². The molecule has 0 unspecified atom stereocenters. The maximum absolute atomic E-state index is 11.6. The second kappa shape index (κ2) is 4.16. The molecule has 1 rings (SSSR count). The van der Waals surface area contributed by atoms with Crippen LogP contribution in [0.5, 0.6) is 0 Å². The zero-order chi connectivity index (χ0) is 10.8. The molecule has 0 spiro atoms. The minimum atomic E-state index is -3.53. The molecule has 0 bridgehead atoms. The standard InChI is InChI=1S/C7H16N2O3S2/c1-13(2,10)9-14(11,12)7-3-5-8-6-4-7/h7-8H,3-6H2,1-2H3. The molecule has 0 aromatic carbocycles. The normalized spacial score (nSPS) is 20.7. The zero-order valence-electron chi connectivity index (χ0n) is 8.39. The van der Waals surface area contributed by atoms with E-state index in [9.17, 15) is 12.6 Å². The Morgan fingerprint density at radius 2 is 1.64 bits per heavy atom. The summed E-state index contributed by atoms with van der Waals surface area (Å²) in [5.41, 5.74) is 0. The maximum atomic E-state index is 11.6. The number of hydrogen-bond donors (Lipinski definition) is 1. The molecule has 0 atom stereocenters. The molecule has 1 heterocycles. The number of piperidine rings is 1. The average molecular weight is 240 g/mol. The third-order valence-electron chi connectivity index (χ3n) is 1.99. The van der Waals surface area contributed by atoms with Crippen molar-refractivity contribution in [3.8, 4) is 0 Å².